The van der Waals surface area contributed by atoms with Gasteiger partial charge >= 0.3 is 5.97 Å². The van der Waals surface area contributed by atoms with Crippen molar-refractivity contribution in [3.05, 3.63) is 48.0 Å². The van der Waals surface area contributed by atoms with Gasteiger partial charge in [-0.2, -0.15) is 0 Å². The van der Waals surface area contributed by atoms with E-state index in [4.69, 9.17) is 24.7 Å². The summed E-state index contributed by atoms with van der Waals surface area (Å²) in [5.41, 5.74) is 6.71. The first-order valence-electron chi connectivity index (χ1n) is 7.60. The fraction of sp³-hybridized carbons (Fsp3) is 0.278. The zero-order chi connectivity index (χ0) is 17.4. The van der Waals surface area contributed by atoms with Crippen LogP contribution in [-0.2, 0) is 4.74 Å². The topological polar surface area (TPSA) is 80.0 Å². The number of nitrogens with two attached hydrogens (primary N) is 1. The molecule has 6 heteroatoms. The number of carbonyl (C=O) groups excluding carboxylic acids is 1. The molecular formula is C18H21NO5. The van der Waals surface area contributed by atoms with Gasteiger partial charge in [-0.05, 0) is 49.4 Å². The molecule has 0 saturated carbocycles. The number of carbonyl (C=O) groups is 1. The Bertz CT molecular complexity index is 670. The number of methoxy groups -OCH3 is 1. The molecule has 0 unspecified atom stereocenters. The van der Waals surface area contributed by atoms with Gasteiger partial charge in [0.1, 0.15) is 30.5 Å². The van der Waals surface area contributed by atoms with E-state index in [1.54, 1.807) is 32.2 Å². The van der Waals surface area contributed by atoms with E-state index in [2.05, 4.69) is 0 Å². The summed E-state index contributed by atoms with van der Waals surface area (Å²) >= 11 is 0. The molecule has 6 nitrogen and oxygen atoms in total. The minimum atomic E-state index is -0.406. The van der Waals surface area contributed by atoms with Crippen LogP contribution in [0.3, 0.4) is 0 Å². The minimum Gasteiger partial charge on any atom is -0.497 e. The Morgan fingerprint density at radius 3 is 2.33 bits per heavy atom. The molecule has 0 radical (unpaired) electrons. The van der Waals surface area contributed by atoms with E-state index in [1.165, 1.54) is 0 Å². The SMILES string of the molecule is CCOC(=O)c1ccc(N)c(OCCOc2ccc(OC)cc2)c1. The third kappa shape index (κ3) is 4.81. The lowest BCUT2D eigenvalue weighted by Gasteiger charge is -2.11. The van der Waals surface area contributed by atoms with Crippen LogP contribution >= 0.6 is 0 Å². The summed E-state index contributed by atoms with van der Waals surface area (Å²) in [4.78, 5) is 11.7. The fourth-order valence-electron chi connectivity index (χ4n) is 1.98. The standard InChI is InChI=1S/C18H21NO5/c1-3-22-18(20)13-4-9-16(19)17(12-13)24-11-10-23-15-7-5-14(21-2)6-8-15/h4-9,12H,3,10-11,19H2,1-2H3. The summed E-state index contributed by atoms with van der Waals surface area (Å²) in [6.45, 7) is 2.70. The van der Waals surface area contributed by atoms with Crippen molar-refractivity contribution in [3.63, 3.8) is 0 Å². The lowest BCUT2D eigenvalue weighted by molar-refractivity contribution is 0.0526. The van der Waals surface area contributed by atoms with Crippen LogP contribution in [0.25, 0.3) is 0 Å². The molecule has 2 rings (SSSR count). The normalized spacial score (nSPS) is 10.1. The fourth-order valence-corrected chi connectivity index (χ4v) is 1.98. The molecule has 0 aromatic heterocycles. The van der Waals surface area contributed by atoms with Crippen LogP contribution < -0.4 is 19.9 Å². The Morgan fingerprint density at radius 2 is 1.67 bits per heavy atom. The van der Waals surface area contributed by atoms with Gasteiger partial charge in [-0.25, -0.2) is 4.79 Å². The number of esters is 1. The Balaban J connectivity index is 1.86. The van der Waals surface area contributed by atoms with Crippen LogP contribution in [0.15, 0.2) is 42.5 Å². The Hall–Kier alpha value is -2.89. The summed E-state index contributed by atoms with van der Waals surface area (Å²) in [7, 11) is 1.61. The average Bonchev–Trinajstić information content (AvgIpc) is 2.60. The van der Waals surface area contributed by atoms with E-state index in [0.717, 1.165) is 5.75 Å². The molecule has 2 aromatic rings. The van der Waals surface area contributed by atoms with Crippen LogP contribution in [-0.4, -0.2) is 32.9 Å². The van der Waals surface area contributed by atoms with Gasteiger partial charge in [0.25, 0.3) is 0 Å². The Labute approximate surface area is 141 Å². The van der Waals surface area contributed by atoms with Gasteiger partial charge in [-0.1, -0.05) is 0 Å². The summed E-state index contributed by atoms with van der Waals surface area (Å²) < 4.78 is 21.2. The van der Waals surface area contributed by atoms with Gasteiger partial charge in [-0.3, -0.25) is 0 Å². The van der Waals surface area contributed by atoms with Crippen molar-refractivity contribution in [1.82, 2.24) is 0 Å². The Kier molecular flexibility index (Phi) is 6.31. The van der Waals surface area contributed by atoms with Crippen molar-refractivity contribution in [2.24, 2.45) is 0 Å². The molecule has 0 amide bonds. The van der Waals surface area contributed by atoms with E-state index >= 15 is 0 Å². The molecule has 0 fully saturated rings. The first kappa shape index (κ1) is 17.5. The summed E-state index contributed by atoms with van der Waals surface area (Å²) in [6.07, 6.45) is 0. The predicted octanol–water partition coefficient (Wildman–Crippen LogP) is 2.91. The zero-order valence-electron chi connectivity index (χ0n) is 13.8. The van der Waals surface area contributed by atoms with Crippen molar-refractivity contribution in [2.45, 2.75) is 6.92 Å². The second-order valence-electron chi connectivity index (χ2n) is 4.85. The first-order chi connectivity index (χ1) is 11.6. The molecule has 0 aliphatic rings. The highest BCUT2D eigenvalue weighted by molar-refractivity contribution is 5.90. The summed E-state index contributed by atoms with van der Waals surface area (Å²) in [5.74, 6) is 1.51. The van der Waals surface area contributed by atoms with Crippen LogP contribution in [0.5, 0.6) is 17.2 Å². The molecule has 2 N–H and O–H groups in total. The molecule has 0 aliphatic heterocycles. The highest BCUT2D eigenvalue weighted by Gasteiger charge is 2.10. The number of hydrogen-bond acceptors (Lipinski definition) is 6. The highest BCUT2D eigenvalue weighted by atomic mass is 16.5. The third-order valence-corrected chi connectivity index (χ3v) is 3.19. The second kappa shape index (κ2) is 8.67. The lowest BCUT2D eigenvalue weighted by atomic mass is 10.2. The van der Waals surface area contributed by atoms with Gasteiger partial charge in [0.15, 0.2) is 0 Å². The van der Waals surface area contributed by atoms with Gasteiger partial charge < -0.3 is 24.7 Å². The van der Waals surface area contributed by atoms with Crippen molar-refractivity contribution < 1.29 is 23.7 Å². The Morgan fingerprint density at radius 1 is 1.00 bits per heavy atom. The van der Waals surface area contributed by atoms with Crippen LogP contribution in [0.1, 0.15) is 17.3 Å². The summed E-state index contributed by atoms with van der Waals surface area (Å²) in [6, 6.07) is 12.1. The van der Waals surface area contributed by atoms with Gasteiger partial charge in [0.05, 0.1) is 25.0 Å². The number of nitrogen functional groups attached to an aromatic ring is 1. The molecule has 2 aromatic carbocycles. The van der Waals surface area contributed by atoms with Gasteiger partial charge in [-0.15, -0.1) is 0 Å². The van der Waals surface area contributed by atoms with Crippen molar-refractivity contribution in [2.75, 3.05) is 32.7 Å². The zero-order valence-corrected chi connectivity index (χ0v) is 13.8. The highest BCUT2D eigenvalue weighted by Crippen LogP contribution is 2.23. The molecule has 0 saturated heterocycles. The van der Waals surface area contributed by atoms with E-state index in [9.17, 15) is 4.79 Å². The van der Waals surface area contributed by atoms with Crippen LogP contribution in [0.4, 0.5) is 5.69 Å². The van der Waals surface area contributed by atoms with E-state index in [1.807, 2.05) is 24.3 Å². The van der Waals surface area contributed by atoms with E-state index in [-0.39, 0.29) is 0 Å². The quantitative estimate of drug-likeness (QED) is 0.455. The third-order valence-electron chi connectivity index (χ3n) is 3.19. The second-order valence-corrected chi connectivity index (χ2v) is 4.85. The van der Waals surface area contributed by atoms with Gasteiger partial charge in [0, 0.05) is 0 Å². The molecule has 0 aliphatic carbocycles. The predicted molar refractivity (Wildman–Crippen MR) is 90.8 cm³/mol. The maximum Gasteiger partial charge on any atom is 0.338 e. The molecule has 128 valence electrons. The lowest BCUT2D eigenvalue weighted by Crippen LogP contribution is -2.11. The van der Waals surface area contributed by atoms with Crippen molar-refractivity contribution in [1.29, 1.82) is 0 Å². The summed E-state index contributed by atoms with van der Waals surface area (Å²) in [5, 5.41) is 0. The monoisotopic (exact) mass is 331 g/mol. The van der Waals surface area contributed by atoms with Crippen molar-refractivity contribution in [3.8, 4) is 17.2 Å². The smallest absolute Gasteiger partial charge is 0.338 e. The largest absolute Gasteiger partial charge is 0.497 e. The number of hydrogen-bond donors (Lipinski definition) is 1. The maximum absolute atomic E-state index is 11.7. The number of rotatable bonds is 8. The maximum atomic E-state index is 11.7. The molecular weight excluding hydrogens is 310 g/mol. The van der Waals surface area contributed by atoms with Gasteiger partial charge in [0.2, 0.25) is 0 Å². The number of anilines is 1. The van der Waals surface area contributed by atoms with Crippen molar-refractivity contribution >= 4 is 11.7 Å². The van der Waals surface area contributed by atoms with Crippen LogP contribution in [0, 0.1) is 0 Å². The van der Waals surface area contributed by atoms with E-state index in [0.29, 0.717) is 42.6 Å². The number of ether oxygens (including phenoxy) is 4. The van der Waals surface area contributed by atoms with Crippen LogP contribution in [0.2, 0.25) is 0 Å². The molecule has 0 spiro atoms. The molecule has 0 bridgehead atoms. The first-order valence-corrected chi connectivity index (χ1v) is 7.60. The molecule has 24 heavy (non-hydrogen) atoms. The molecule has 0 atom stereocenters. The number of benzene rings is 2. The van der Waals surface area contributed by atoms with E-state index < -0.39 is 5.97 Å². The minimum absolute atomic E-state index is 0.294. The molecule has 0 heterocycles. The average molecular weight is 331 g/mol.